The summed E-state index contributed by atoms with van der Waals surface area (Å²) in [5, 5.41) is 12.0. The number of aliphatic hydroxyl groups is 1. The zero-order chi connectivity index (χ0) is 22.5. The van der Waals surface area contributed by atoms with E-state index in [1.165, 1.54) is 6.08 Å². The minimum absolute atomic E-state index is 0.0120. The molecule has 4 atom stereocenters. The summed E-state index contributed by atoms with van der Waals surface area (Å²) in [6.45, 7) is 8.62. The summed E-state index contributed by atoms with van der Waals surface area (Å²) in [6.07, 6.45) is 1.01. The molecular formula is C19H29N3O7S. The number of hydrogen-bond acceptors (Lipinski definition) is 7. The molecule has 3 aliphatic rings. The third kappa shape index (κ3) is 4.61. The molecule has 0 aromatic rings. The van der Waals surface area contributed by atoms with Gasteiger partial charge in [0, 0.05) is 12.3 Å². The van der Waals surface area contributed by atoms with Gasteiger partial charge in [0.05, 0.1) is 17.9 Å². The molecule has 1 aliphatic heterocycles. The number of likely N-dealkylation sites (tertiary alicyclic amines) is 1. The van der Waals surface area contributed by atoms with Crippen molar-refractivity contribution in [2.24, 2.45) is 5.92 Å². The standard InChI is InChI=1S/C19H29N3O7S/c1-5-11-9-19(11,16(25)21-30(27,28)13-6-7-13)20-15(24)14-8-12(23)10-22(14)17(26)29-18(2,3)4/h5,11-14,23H,1,6-10H2,2-4H3,(H,20,24)(H,21,25)/t11?,12-,14-,19+/m0/s1. The first-order valence-electron chi connectivity index (χ1n) is 9.97. The Balaban J connectivity index is 1.73. The molecule has 0 radical (unpaired) electrons. The summed E-state index contributed by atoms with van der Waals surface area (Å²) >= 11 is 0. The number of rotatable bonds is 6. The van der Waals surface area contributed by atoms with Gasteiger partial charge in [-0.25, -0.2) is 13.2 Å². The number of sulfonamides is 1. The number of nitrogens with one attached hydrogen (secondary N) is 2. The maximum absolute atomic E-state index is 13.0. The Bertz CT molecular complexity index is 862. The van der Waals surface area contributed by atoms with Crippen molar-refractivity contribution in [1.82, 2.24) is 14.9 Å². The lowest BCUT2D eigenvalue weighted by Crippen LogP contribution is -2.56. The van der Waals surface area contributed by atoms with Crippen LogP contribution in [0, 0.1) is 5.92 Å². The molecule has 10 nitrogen and oxygen atoms in total. The first-order valence-corrected chi connectivity index (χ1v) is 11.5. The molecule has 1 unspecified atom stereocenters. The van der Waals surface area contributed by atoms with Gasteiger partial charge in [-0.05, 0) is 40.0 Å². The fraction of sp³-hybridized carbons (Fsp3) is 0.737. The number of amides is 3. The van der Waals surface area contributed by atoms with Crippen molar-refractivity contribution in [2.45, 2.75) is 75.0 Å². The van der Waals surface area contributed by atoms with Crippen LogP contribution in [0.4, 0.5) is 4.79 Å². The minimum Gasteiger partial charge on any atom is -0.444 e. The van der Waals surface area contributed by atoms with E-state index in [-0.39, 0.29) is 19.4 Å². The second-order valence-corrected chi connectivity index (χ2v) is 11.2. The van der Waals surface area contributed by atoms with Gasteiger partial charge in [-0.3, -0.25) is 19.2 Å². The van der Waals surface area contributed by atoms with Crippen LogP contribution in [0.1, 0.15) is 46.5 Å². The molecule has 1 heterocycles. The van der Waals surface area contributed by atoms with Crippen molar-refractivity contribution in [1.29, 1.82) is 0 Å². The Morgan fingerprint density at radius 3 is 2.40 bits per heavy atom. The molecule has 3 amide bonds. The van der Waals surface area contributed by atoms with E-state index < -0.39 is 62.4 Å². The van der Waals surface area contributed by atoms with Gasteiger partial charge in [-0.1, -0.05) is 6.08 Å². The minimum atomic E-state index is -3.78. The van der Waals surface area contributed by atoms with Crippen LogP contribution in [0.5, 0.6) is 0 Å². The van der Waals surface area contributed by atoms with Gasteiger partial charge in [-0.2, -0.15) is 0 Å². The largest absolute Gasteiger partial charge is 0.444 e. The smallest absolute Gasteiger partial charge is 0.411 e. The molecule has 1 saturated heterocycles. The van der Waals surface area contributed by atoms with E-state index >= 15 is 0 Å². The Morgan fingerprint density at radius 1 is 1.27 bits per heavy atom. The molecule has 0 aromatic heterocycles. The quantitative estimate of drug-likeness (QED) is 0.492. The van der Waals surface area contributed by atoms with E-state index in [0.29, 0.717) is 12.8 Å². The maximum atomic E-state index is 13.0. The van der Waals surface area contributed by atoms with Crippen molar-refractivity contribution >= 4 is 27.9 Å². The van der Waals surface area contributed by atoms with Crippen LogP contribution in [0.3, 0.4) is 0 Å². The van der Waals surface area contributed by atoms with Crippen molar-refractivity contribution < 1.29 is 32.6 Å². The molecule has 168 valence electrons. The van der Waals surface area contributed by atoms with Gasteiger partial charge in [0.15, 0.2) is 0 Å². The highest BCUT2D eigenvalue weighted by Gasteiger charge is 2.61. The Labute approximate surface area is 176 Å². The van der Waals surface area contributed by atoms with Crippen molar-refractivity contribution in [2.75, 3.05) is 6.54 Å². The van der Waals surface area contributed by atoms with E-state index in [0.717, 1.165) is 4.90 Å². The average molecular weight is 444 g/mol. The summed E-state index contributed by atoms with van der Waals surface area (Å²) in [5.74, 6) is -1.90. The summed E-state index contributed by atoms with van der Waals surface area (Å²) in [4.78, 5) is 39.3. The number of ether oxygens (including phenoxy) is 1. The van der Waals surface area contributed by atoms with Crippen LogP contribution in [0.25, 0.3) is 0 Å². The first-order chi connectivity index (χ1) is 13.8. The number of carbonyl (C=O) groups is 3. The highest BCUT2D eigenvalue weighted by atomic mass is 32.2. The van der Waals surface area contributed by atoms with E-state index in [4.69, 9.17) is 4.74 Å². The lowest BCUT2D eigenvalue weighted by molar-refractivity contribution is -0.131. The lowest BCUT2D eigenvalue weighted by atomic mass is 10.1. The Morgan fingerprint density at radius 2 is 1.90 bits per heavy atom. The highest BCUT2D eigenvalue weighted by Crippen LogP contribution is 2.45. The zero-order valence-corrected chi connectivity index (χ0v) is 18.2. The summed E-state index contributed by atoms with van der Waals surface area (Å²) in [5.41, 5.74) is -2.22. The first kappa shape index (κ1) is 22.5. The highest BCUT2D eigenvalue weighted by molar-refractivity contribution is 7.91. The van der Waals surface area contributed by atoms with Crippen LogP contribution in [0.2, 0.25) is 0 Å². The van der Waals surface area contributed by atoms with E-state index in [9.17, 15) is 27.9 Å². The molecule has 3 N–H and O–H groups in total. The summed E-state index contributed by atoms with van der Waals surface area (Å²) in [7, 11) is -3.78. The number of nitrogens with zero attached hydrogens (tertiary/aromatic N) is 1. The van der Waals surface area contributed by atoms with Crippen LogP contribution in [-0.4, -0.2) is 71.4 Å². The average Bonchev–Trinajstić information content (AvgIpc) is 3.50. The SMILES string of the molecule is C=CC1C[C@]1(NC(=O)[C@@H]1C[C@H](O)CN1C(=O)OC(C)(C)C)C(=O)NS(=O)(=O)C1CC1. The van der Waals surface area contributed by atoms with Gasteiger partial charge in [0.2, 0.25) is 15.9 Å². The molecule has 0 bridgehead atoms. The molecular weight excluding hydrogens is 414 g/mol. The molecule has 0 spiro atoms. The van der Waals surface area contributed by atoms with Crippen LogP contribution < -0.4 is 10.0 Å². The van der Waals surface area contributed by atoms with Gasteiger partial charge in [-0.15, -0.1) is 6.58 Å². The van der Waals surface area contributed by atoms with Gasteiger partial charge in [0.1, 0.15) is 17.2 Å². The summed E-state index contributed by atoms with van der Waals surface area (Å²) in [6, 6.07) is -1.04. The van der Waals surface area contributed by atoms with Crippen molar-refractivity contribution in [3.63, 3.8) is 0 Å². The second-order valence-electron chi connectivity index (χ2n) is 9.22. The zero-order valence-electron chi connectivity index (χ0n) is 17.4. The topological polar surface area (TPSA) is 142 Å². The fourth-order valence-electron chi connectivity index (χ4n) is 3.60. The maximum Gasteiger partial charge on any atom is 0.411 e. The van der Waals surface area contributed by atoms with Gasteiger partial charge in [0.25, 0.3) is 5.91 Å². The second kappa shape index (κ2) is 7.52. The molecule has 3 rings (SSSR count). The predicted molar refractivity (Wildman–Crippen MR) is 107 cm³/mol. The molecule has 11 heteroatoms. The van der Waals surface area contributed by atoms with Gasteiger partial charge < -0.3 is 15.2 Å². The summed E-state index contributed by atoms with van der Waals surface area (Å²) < 4.78 is 31.7. The third-order valence-corrected chi connectivity index (χ3v) is 7.28. The third-order valence-electron chi connectivity index (χ3n) is 5.46. The van der Waals surface area contributed by atoms with Gasteiger partial charge >= 0.3 is 6.09 Å². The Kier molecular flexibility index (Phi) is 5.65. The van der Waals surface area contributed by atoms with Crippen LogP contribution >= 0.6 is 0 Å². The van der Waals surface area contributed by atoms with Crippen molar-refractivity contribution in [3.05, 3.63) is 12.7 Å². The monoisotopic (exact) mass is 443 g/mol. The normalized spacial score (nSPS) is 31.1. The molecule has 3 fully saturated rings. The number of β-amino-alcohol motifs (C(OH)–C–C–N with tert-alkyl or cyclic N) is 1. The van der Waals surface area contributed by atoms with Crippen LogP contribution in [0.15, 0.2) is 12.7 Å². The molecule has 30 heavy (non-hydrogen) atoms. The van der Waals surface area contributed by atoms with E-state index in [1.807, 2.05) is 0 Å². The fourth-order valence-corrected chi connectivity index (χ4v) is 4.97. The lowest BCUT2D eigenvalue weighted by Gasteiger charge is -2.29. The van der Waals surface area contributed by atoms with E-state index in [1.54, 1.807) is 20.8 Å². The molecule has 2 aliphatic carbocycles. The van der Waals surface area contributed by atoms with Crippen LogP contribution in [-0.2, 0) is 24.3 Å². The predicted octanol–water partition coefficient (Wildman–Crippen LogP) is 0.0260. The number of carbonyl (C=O) groups excluding carboxylic acids is 3. The molecule has 2 saturated carbocycles. The van der Waals surface area contributed by atoms with Crippen molar-refractivity contribution in [3.8, 4) is 0 Å². The molecule has 0 aromatic carbocycles. The number of hydrogen-bond donors (Lipinski definition) is 3. The number of aliphatic hydroxyl groups excluding tert-OH is 1. The Hall–Kier alpha value is -2.14. The van der Waals surface area contributed by atoms with E-state index in [2.05, 4.69) is 16.6 Å².